The van der Waals surface area contributed by atoms with Crippen LogP contribution in [0, 0.1) is 0 Å². The second-order valence-electron chi connectivity index (χ2n) is 2.60. The van der Waals surface area contributed by atoms with Gasteiger partial charge in [0.2, 0.25) is 5.96 Å². The summed E-state index contributed by atoms with van der Waals surface area (Å²) in [5.74, 6) is 0.0251. The highest BCUT2D eigenvalue weighted by Crippen LogP contribution is 2.32. The maximum Gasteiger partial charge on any atom is 0.211 e. The number of benzene rings is 1. The van der Waals surface area contributed by atoms with Gasteiger partial charge in [0.25, 0.3) is 0 Å². The number of hydrogen-bond donors (Lipinski definition) is 3. The molecule has 0 aliphatic heterocycles. The summed E-state index contributed by atoms with van der Waals surface area (Å²) in [4.78, 5) is 0. The molecule has 0 atom stereocenters. The Bertz CT molecular complexity index is 404. The van der Waals surface area contributed by atoms with E-state index in [4.69, 9.17) is 11.5 Å². The number of phenolic OH excluding ortho intramolecular Hbond substituents is 1. The van der Waals surface area contributed by atoms with E-state index < -0.39 is 0 Å². The van der Waals surface area contributed by atoms with E-state index in [1.54, 1.807) is 12.1 Å². The molecule has 15 heavy (non-hydrogen) atoms. The van der Waals surface area contributed by atoms with E-state index in [-0.39, 0.29) is 11.7 Å². The van der Waals surface area contributed by atoms with Gasteiger partial charge in [0.05, 0.1) is 15.2 Å². The molecule has 0 aromatic heterocycles. The maximum atomic E-state index is 9.44. The largest absolute Gasteiger partial charge is 0.506 e. The molecule has 0 amide bonds. The third kappa shape index (κ3) is 3.52. The molecule has 1 aromatic rings. The van der Waals surface area contributed by atoms with Gasteiger partial charge in [-0.1, -0.05) is 0 Å². The van der Waals surface area contributed by atoms with Crippen molar-refractivity contribution >= 4 is 44.0 Å². The lowest BCUT2D eigenvalue weighted by Crippen LogP contribution is -2.21. The molecule has 0 saturated carbocycles. The molecule has 0 bridgehead atoms. The number of nitrogens with zero attached hydrogens (tertiary/aromatic N) is 2. The molecule has 0 aliphatic carbocycles. The molecule has 5 nitrogen and oxygen atoms in total. The molecule has 0 fully saturated rings. The molecule has 0 aliphatic rings. The third-order valence-corrected chi connectivity index (χ3v) is 2.63. The van der Waals surface area contributed by atoms with Crippen molar-refractivity contribution in [3.63, 3.8) is 0 Å². The van der Waals surface area contributed by atoms with Gasteiger partial charge in [0.1, 0.15) is 5.75 Å². The molecule has 7 heteroatoms. The predicted octanol–water partition coefficient (Wildman–Crippen LogP) is 1.52. The number of guanidine groups is 1. The summed E-state index contributed by atoms with van der Waals surface area (Å²) in [6.45, 7) is 0. The minimum Gasteiger partial charge on any atom is -0.506 e. The Morgan fingerprint density at radius 1 is 1.27 bits per heavy atom. The molecule has 0 heterocycles. The molecule has 0 radical (unpaired) electrons. The van der Waals surface area contributed by atoms with Gasteiger partial charge >= 0.3 is 0 Å². The third-order valence-electron chi connectivity index (χ3n) is 1.42. The standard InChI is InChI=1S/C8H8Br2N4O/c9-5-1-4(2-6(10)7(5)15)3-13-14-8(11)12/h1-3,15H,(H4,11,12,14)/b13-3+. The van der Waals surface area contributed by atoms with Crippen molar-refractivity contribution in [3.05, 3.63) is 26.6 Å². The van der Waals surface area contributed by atoms with Crippen LogP contribution in [-0.2, 0) is 0 Å². The Morgan fingerprint density at radius 2 is 1.80 bits per heavy atom. The molecular weight excluding hydrogens is 328 g/mol. The number of phenols is 1. The molecule has 1 rings (SSSR count). The molecule has 5 N–H and O–H groups in total. The van der Waals surface area contributed by atoms with E-state index in [1.165, 1.54) is 6.21 Å². The van der Waals surface area contributed by atoms with Crippen LogP contribution in [0.2, 0.25) is 0 Å². The highest BCUT2D eigenvalue weighted by Gasteiger charge is 2.04. The summed E-state index contributed by atoms with van der Waals surface area (Å²) in [6, 6.07) is 3.37. The van der Waals surface area contributed by atoms with Gasteiger partial charge < -0.3 is 16.6 Å². The number of nitrogens with two attached hydrogens (primary N) is 2. The van der Waals surface area contributed by atoms with Crippen LogP contribution in [0.5, 0.6) is 5.75 Å². The van der Waals surface area contributed by atoms with Gasteiger partial charge in [-0.05, 0) is 49.6 Å². The lowest BCUT2D eigenvalue weighted by atomic mass is 10.2. The second-order valence-corrected chi connectivity index (χ2v) is 4.31. The predicted molar refractivity (Wildman–Crippen MR) is 66.9 cm³/mol. The Hall–Kier alpha value is -1.08. The summed E-state index contributed by atoms with van der Waals surface area (Å²) in [5, 5.41) is 16.5. The van der Waals surface area contributed by atoms with Crippen LogP contribution in [0.3, 0.4) is 0 Å². The van der Waals surface area contributed by atoms with Crippen LogP contribution in [-0.4, -0.2) is 17.3 Å². The Labute approximate surface area is 103 Å². The number of hydrogen-bond acceptors (Lipinski definition) is 3. The van der Waals surface area contributed by atoms with Crippen molar-refractivity contribution in [1.82, 2.24) is 0 Å². The molecule has 0 spiro atoms. The quantitative estimate of drug-likeness (QED) is 0.434. The average Bonchev–Trinajstić information content (AvgIpc) is 2.13. The van der Waals surface area contributed by atoms with Gasteiger partial charge in [-0.3, -0.25) is 0 Å². The number of halogens is 2. The zero-order valence-corrected chi connectivity index (χ0v) is 10.7. The average molecular weight is 336 g/mol. The van der Waals surface area contributed by atoms with Crippen molar-refractivity contribution in [1.29, 1.82) is 0 Å². The lowest BCUT2D eigenvalue weighted by molar-refractivity contribution is 0.468. The number of rotatable bonds is 2. The summed E-state index contributed by atoms with van der Waals surface area (Å²) >= 11 is 6.38. The van der Waals surface area contributed by atoms with Crippen molar-refractivity contribution in [2.75, 3.05) is 0 Å². The molecule has 0 saturated heterocycles. The van der Waals surface area contributed by atoms with Crippen LogP contribution in [0.25, 0.3) is 0 Å². The molecular formula is C8H8Br2N4O. The summed E-state index contributed by atoms with van der Waals surface area (Å²) in [6.07, 6.45) is 1.47. The topological polar surface area (TPSA) is 97.0 Å². The highest BCUT2D eigenvalue weighted by atomic mass is 79.9. The highest BCUT2D eigenvalue weighted by molar-refractivity contribution is 9.11. The summed E-state index contributed by atoms with van der Waals surface area (Å²) in [5.41, 5.74) is 10.9. The van der Waals surface area contributed by atoms with Gasteiger partial charge in [-0.15, -0.1) is 5.10 Å². The van der Waals surface area contributed by atoms with Crippen LogP contribution in [0.1, 0.15) is 5.56 Å². The maximum absolute atomic E-state index is 9.44. The lowest BCUT2D eigenvalue weighted by Gasteiger charge is -2.01. The first-order valence-electron chi connectivity index (χ1n) is 3.80. The van der Waals surface area contributed by atoms with Crippen LogP contribution in [0.15, 0.2) is 31.3 Å². The van der Waals surface area contributed by atoms with Crippen molar-refractivity contribution < 1.29 is 5.11 Å². The van der Waals surface area contributed by atoms with Gasteiger partial charge in [-0.2, -0.15) is 5.10 Å². The monoisotopic (exact) mass is 334 g/mol. The van der Waals surface area contributed by atoms with E-state index in [1.807, 2.05) is 0 Å². The van der Waals surface area contributed by atoms with Crippen molar-refractivity contribution in [3.8, 4) is 5.75 Å². The second kappa shape index (κ2) is 5.13. The minimum absolute atomic E-state index is 0.108. The van der Waals surface area contributed by atoms with E-state index in [9.17, 15) is 5.11 Å². The Balaban J connectivity index is 2.98. The first-order valence-corrected chi connectivity index (χ1v) is 5.39. The van der Waals surface area contributed by atoms with E-state index in [0.717, 1.165) is 5.56 Å². The first kappa shape index (κ1) is 12.0. The first-order chi connectivity index (χ1) is 7.00. The van der Waals surface area contributed by atoms with E-state index in [2.05, 4.69) is 42.1 Å². The Morgan fingerprint density at radius 3 is 2.27 bits per heavy atom. The van der Waals surface area contributed by atoms with E-state index in [0.29, 0.717) is 8.95 Å². The summed E-state index contributed by atoms with van der Waals surface area (Å²) < 4.78 is 1.12. The minimum atomic E-state index is -0.108. The smallest absolute Gasteiger partial charge is 0.211 e. The number of aromatic hydroxyl groups is 1. The van der Waals surface area contributed by atoms with E-state index >= 15 is 0 Å². The summed E-state index contributed by atoms with van der Waals surface area (Å²) in [7, 11) is 0. The van der Waals surface area contributed by atoms with Gasteiger partial charge in [0, 0.05) is 0 Å². The van der Waals surface area contributed by atoms with Gasteiger partial charge in [-0.25, -0.2) is 0 Å². The Kier molecular flexibility index (Phi) is 4.10. The zero-order chi connectivity index (χ0) is 11.4. The fraction of sp³-hybridized carbons (Fsp3) is 0. The molecule has 0 unspecified atom stereocenters. The van der Waals surface area contributed by atoms with Crippen LogP contribution < -0.4 is 11.5 Å². The fourth-order valence-electron chi connectivity index (χ4n) is 0.822. The normalized spacial score (nSPS) is 10.5. The van der Waals surface area contributed by atoms with Crippen LogP contribution >= 0.6 is 31.9 Å². The van der Waals surface area contributed by atoms with Crippen molar-refractivity contribution in [2.45, 2.75) is 0 Å². The zero-order valence-electron chi connectivity index (χ0n) is 7.48. The van der Waals surface area contributed by atoms with Crippen LogP contribution in [0.4, 0.5) is 0 Å². The van der Waals surface area contributed by atoms with Gasteiger partial charge in [0.15, 0.2) is 0 Å². The fourth-order valence-corrected chi connectivity index (χ4v) is 2.04. The molecule has 1 aromatic carbocycles. The van der Waals surface area contributed by atoms with Crippen molar-refractivity contribution in [2.24, 2.45) is 21.7 Å². The molecule has 80 valence electrons. The SMILES string of the molecule is NC(N)=N/N=C/c1cc(Br)c(O)c(Br)c1.